The number of anilines is 3. The van der Waals surface area contributed by atoms with Crippen molar-refractivity contribution in [2.45, 2.75) is 6.92 Å². The third-order valence-corrected chi connectivity index (χ3v) is 3.80. The molecule has 0 saturated heterocycles. The quantitative estimate of drug-likeness (QED) is 0.674. The molecular weight excluding hydrogens is 314 g/mol. The molecule has 0 radical (unpaired) electrons. The molecule has 0 aliphatic heterocycles. The SMILES string of the molecule is Cc1cc(Br)ccc1Nc1ccc(N)c2ccncc12. The van der Waals surface area contributed by atoms with E-state index in [9.17, 15) is 0 Å². The number of nitrogens with two attached hydrogens (primary N) is 1. The molecule has 0 spiro atoms. The maximum Gasteiger partial charge on any atom is 0.0481 e. The number of hydrogen-bond acceptors (Lipinski definition) is 3. The van der Waals surface area contributed by atoms with Gasteiger partial charge in [0, 0.05) is 44.7 Å². The standard InChI is InChI=1S/C16H14BrN3/c1-10-8-11(17)2-4-15(10)20-16-5-3-14(18)12-6-7-19-9-13(12)16/h2-9,20H,18H2,1H3. The van der Waals surface area contributed by atoms with Crippen LogP contribution in [0, 0.1) is 6.92 Å². The number of nitrogens with one attached hydrogen (secondary N) is 1. The van der Waals surface area contributed by atoms with Crippen molar-refractivity contribution in [1.29, 1.82) is 0 Å². The van der Waals surface area contributed by atoms with E-state index in [0.29, 0.717) is 0 Å². The molecule has 4 heteroatoms. The number of nitrogen functional groups attached to an aromatic ring is 1. The average Bonchev–Trinajstić information content (AvgIpc) is 2.45. The zero-order valence-corrected chi connectivity index (χ0v) is 12.6. The minimum Gasteiger partial charge on any atom is -0.398 e. The van der Waals surface area contributed by atoms with Gasteiger partial charge in [0.15, 0.2) is 0 Å². The largest absolute Gasteiger partial charge is 0.398 e. The first-order chi connectivity index (χ1) is 9.65. The van der Waals surface area contributed by atoms with Crippen LogP contribution in [-0.2, 0) is 0 Å². The van der Waals surface area contributed by atoms with Crippen LogP contribution >= 0.6 is 15.9 Å². The Morgan fingerprint density at radius 2 is 1.85 bits per heavy atom. The van der Waals surface area contributed by atoms with Gasteiger partial charge in [-0.3, -0.25) is 4.98 Å². The highest BCUT2D eigenvalue weighted by Gasteiger charge is 2.06. The van der Waals surface area contributed by atoms with Crippen LogP contribution in [0.25, 0.3) is 10.8 Å². The molecule has 20 heavy (non-hydrogen) atoms. The molecule has 1 heterocycles. The lowest BCUT2D eigenvalue weighted by atomic mass is 10.1. The number of pyridine rings is 1. The highest BCUT2D eigenvalue weighted by molar-refractivity contribution is 9.10. The van der Waals surface area contributed by atoms with Crippen molar-refractivity contribution in [3.63, 3.8) is 0 Å². The Bertz CT molecular complexity index is 784. The monoisotopic (exact) mass is 327 g/mol. The van der Waals surface area contributed by atoms with Gasteiger partial charge in [-0.2, -0.15) is 0 Å². The summed E-state index contributed by atoms with van der Waals surface area (Å²) in [6.45, 7) is 2.07. The lowest BCUT2D eigenvalue weighted by Crippen LogP contribution is -1.96. The zero-order chi connectivity index (χ0) is 14.1. The molecule has 0 atom stereocenters. The van der Waals surface area contributed by atoms with E-state index in [2.05, 4.69) is 45.3 Å². The first-order valence-electron chi connectivity index (χ1n) is 6.30. The normalized spacial score (nSPS) is 10.7. The molecule has 3 nitrogen and oxygen atoms in total. The van der Waals surface area contributed by atoms with E-state index in [0.717, 1.165) is 32.3 Å². The molecular formula is C16H14BrN3. The average molecular weight is 328 g/mol. The smallest absolute Gasteiger partial charge is 0.0481 e. The summed E-state index contributed by atoms with van der Waals surface area (Å²) < 4.78 is 1.07. The Balaban J connectivity index is 2.09. The second-order valence-electron chi connectivity index (χ2n) is 4.71. The summed E-state index contributed by atoms with van der Waals surface area (Å²) in [7, 11) is 0. The molecule has 3 rings (SSSR count). The summed E-state index contributed by atoms with van der Waals surface area (Å²) in [5, 5.41) is 5.49. The second-order valence-corrected chi connectivity index (χ2v) is 5.62. The third-order valence-electron chi connectivity index (χ3n) is 3.31. The number of benzene rings is 2. The number of aryl methyl sites for hydroxylation is 1. The molecule has 0 aliphatic carbocycles. The van der Waals surface area contributed by atoms with Gasteiger partial charge in [-0.15, -0.1) is 0 Å². The van der Waals surface area contributed by atoms with Crippen molar-refractivity contribution in [3.05, 3.63) is 58.8 Å². The molecule has 100 valence electrons. The first-order valence-corrected chi connectivity index (χ1v) is 7.10. The lowest BCUT2D eigenvalue weighted by molar-refractivity contribution is 1.36. The molecule has 0 aliphatic rings. The summed E-state index contributed by atoms with van der Waals surface area (Å²) in [5.41, 5.74) is 10.0. The van der Waals surface area contributed by atoms with Gasteiger partial charge in [0.05, 0.1) is 0 Å². The molecule has 0 unspecified atom stereocenters. The molecule has 3 aromatic rings. The maximum atomic E-state index is 6.01. The van der Waals surface area contributed by atoms with E-state index in [4.69, 9.17) is 5.73 Å². The van der Waals surface area contributed by atoms with E-state index in [-0.39, 0.29) is 0 Å². The van der Waals surface area contributed by atoms with Gasteiger partial charge < -0.3 is 11.1 Å². The molecule has 3 N–H and O–H groups in total. The fourth-order valence-corrected chi connectivity index (χ4v) is 2.71. The molecule has 2 aromatic carbocycles. The van der Waals surface area contributed by atoms with Crippen molar-refractivity contribution in [2.75, 3.05) is 11.1 Å². The van der Waals surface area contributed by atoms with Gasteiger partial charge in [0.2, 0.25) is 0 Å². The van der Waals surface area contributed by atoms with Gasteiger partial charge in [-0.05, 0) is 48.9 Å². The van der Waals surface area contributed by atoms with Crippen LogP contribution in [0.5, 0.6) is 0 Å². The Morgan fingerprint density at radius 1 is 1.05 bits per heavy atom. The minimum absolute atomic E-state index is 0.764. The van der Waals surface area contributed by atoms with Crippen molar-refractivity contribution in [1.82, 2.24) is 4.98 Å². The Kier molecular flexibility index (Phi) is 3.32. The van der Waals surface area contributed by atoms with Crippen molar-refractivity contribution >= 4 is 43.8 Å². The van der Waals surface area contributed by atoms with E-state index in [1.165, 1.54) is 5.56 Å². The van der Waals surface area contributed by atoms with Gasteiger partial charge in [-0.25, -0.2) is 0 Å². The second kappa shape index (κ2) is 5.13. The number of fused-ring (bicyclic) bond motifs is 1. The van der Waals surface area contributed by atoms with E-state index in [1.807, 2.05) is 30.5 Å². The van der Waals surface area contributed by atoms with Crippen LogP contribution in [0.3, 0.4) is 0 Å². The maximum absolute atomic E-state index is 6.01. The zero-order valence-electron chi connectivity index (χ0n) is 11.0. The summed E-state index contributed by atoms with van der Waals surface area (Å²) in [5.74, 6) is 0. The number of aromatic nitrogens is 1. The molecule has 0 saturated carbocycles. The summed E-state index contributed by atoms with van der Waals surface area (Å²) >= 11 is 3.48. The summed E-state index contributed by atoms with van der Waals surface area (Å²) in [4.78, 5) is 4.19. The molecule has 0 fully saturated rings. The van der Waals surface area contributed by atoms with Crippen LogP contribution in [0.1, 0.15) is 5.56 Å². The van der Waals surface area contributed by atoms with Gasteiger partial charge >= 0.3 is 0 Å². The van der Waals surface area contributed by atoms with E-state index >= 15 is 0 Å². The number of halogens is 1. The topological polar surface area (TPSA) is 50.9 Å². The van der Waals surface area contributed by atoms with E-state index < -0.39 is 0 Å². The highest BCUT2D eigenvalue weighted by Crippen LogP contribution is 2.31. The Hall–Kier alpha value is -2.07. The van der Waals surface area contributed by atoms with Crippen LogP contribution in [0.4, 0.5) is 17.1 Å². The fraction of sp³-hybridized carbons (Fsp3) is 0.0625. The summed E-state index contributed by atoms with van der Waals surface area (Å²) in [6.07, 6.45) is 3.59. The van der Waals surface area contributed by atoms with Crippen molar-refractivity contribution in [2.24, 2.45) is 0 Å². The van der Waals surface area contributed by atoms with Crippen molar-refractivity contribution < 1.29 is 0 Å². The van der Waals surface area contributed by atoms with E-state index in [1.54, 1.807) is 6.20 Å². The van der Waals surface area contributed by atoms with Crippen molar-refractivity contribution in [3.8, 4) is 0 Å². The predicted octanol–water partition coefficient (Wildman–Crippen LogP) is 4.63. The number of nitrogens with zero attached hydrogens (tertiary/aromatic N) is 1. The minimum atomic E-state index is 0.764. The lowest BCUT2D eigenvalue weighted by Gasteiger charge is -2.13. The highest BCUT2D eigenvalue weighted by atomic mass is 79.9. The van der Waals surface area contributed by atoms with Crippen LogP contribution < -0.4 is 11.1 Å². The molecule has 0 bridgehead atoms. The van der Waals surface area contributed by atoms with Gasteiger partial charge in [-0.1, -0.05) is 15.9 Å². The van der Waals surface area contributed by atoms with Crippen LogP contribution in [-0.4, -0.2) is 4.98 Å². The molecule has 1 aromatic heterocycles. The number of rotatable bonds is 2. The van der Waals surface area contributed by atoms with Crippen LogP contribution in [0.15, 0.2) is 53.3 Å². The third kappa shape index (κ3) is 2.34. The van der Waals surface area contributed by atoms with Gasteiger partial charge in [0.25, 0.3) is 0 Å². The van der Waals surface area contributed by atoms with Crippen LogP contribution in [0.2, 0.25) is 0 Å². The predicted molar refractivity (Wildman–Crippen MR) is 88.3 cm³/mol. The van der Waals surface area contributed by atoms with Gasteiger partial charge in [0.1, 0.15) is 0 Å². The number of hydrogen-bond donors (Lipinski definition) is 2. The molecule has 0 amide bonds. The Morgan fingerprint density at radius 3 is 2.65 bits per heavy atom. The first kappa shape index (κ1) is 12.9. The summed E-state index contributed by atoms with van der Waals surface area (Å²) in [6, 6.07) is 12.0. The Labute approximate surface area is 126 Å². The fourth-order valence-electron chi connectivity index (χ4n) is 2.23.